The van der Waals surface area contributed by atoms with Gasteiger partial charge < -0.3 is 11.1 Å². The summed E-state index contributed by atoms with van der Waals surface area (Å²) in [5.74, 6) is -0.106. The predicted octanol–water partition coefficient (Wildman–Crippen LogP) is 0.520. The monoisotopic (exact) mass is 234 g/mol. The predicted molar refractivity (Wildman–Crippen MR) is 67.2 cm³/mol. The minimum absolute atomic E-state index is 0.0278. The quantitative estimate of drug-likeness (QED) is 0.562. The van der Waals surface area contributed by atoms with E-state index < -0.39 is 0 Å². The molecule has 0 radical (unpaired) electrons. The Labute approximate surface area is 101 Å². The molecule has 1 heterocycles. The zero-order chi connectivity index (χ0) is 12.4. The highest BCUT2D eigenvalue weighted by Crippen LogP contribution is 2.13. The molecule has 0 bridgehead atoms. The van der Waals surface area contributed by atoms with E-state index in [0.29, 0.717) is 17.3 Å². The topological polar surface area (TPSA) is 79.2 Å². The standard InChI is InChI=1S/C12H18N4O/c1-7-3-4-9(6-10(7)13)12(17)14-11-5-8(2)15-16-11/h3-4,6,8,11,15-16H,5,13H2,1-2H3,(H,14,17). The number of hydrazine groups is 1. The summed E-state index contributed by atoms with van der Waals surface area (Å²) in [6.07, 6.45) is 0.840. The first-order chi connectivity index (χ1) is 8.06. The van der Waals surface area contributed by atoms with E-state index in [2.05, 4.69) is 23.1 Å². The maximum absolute atomic E-state index is 11.9. The Bertz CT molecular complexity index is 433. The number of carbonyl (C=O) groups excluding carboxylic acids is 1. The van der Waals surface area contributed by atoms with Gasteiger partial charge in [-0.05, 0) is 38.0 Å². The molecule has 0 aliphatic carbocycles. The number of nitrogens with one attached hydrogen (secondary N) is 3. The molecule has 1 aromatic rings. The summed E-state index contributed by atoms with van der Waals surface area (Å²) < 4.78 is 0. The van der Waals surface area contributed by atoms with Gasteiger partial charge in [-0.15, -0.1) is 0 Å². The fraction of sp³-hybridized carbons (Fsp3) is 0.417. The lowest BCUT2D eigenvalue weighted by Crippen LogP contribution is -2.44. The molecule has 0 aromatic heterocycles. The number of aryl methyl sites for hydroxylation is 1. The van der Waals surface area contributed by atoms with Crippen LogP contribution in [0.15, 0.2) is 18.2 Å². The van der Waals surface area contributed by atoms with Gasteiger partial charge in [0.25, 0.3) is 5.91 Å². The van der Waals surface area contributed by atoms with Crippen LogP contribution in [-0.4, -0.2) is 18.1 Å². The highest BCUT2D eigenvalue weighted by molar-refractivity contribution is 5.95. The Balaban J connectivity index is 2.02. The molecule has 92 valence electrons. The molecule has 5 nitrogen and oxygen atoms in total. The van der Waals surface area contributed by atoms with E-state index in [0.717, 1.165) is 12.0 Å². The van der Waals surface area contributed by atoms with E-state index in [1.165, 1.54) is 0 Å². The lowest BCUT2D eigenvalue weighted by atomic mass is 10.1. The van der Waals surface area contributed by atoms with Crippen LogP contribution in [0.1, 0.15) is 29.3 Å². The van der Waals surface area contributed by atoms with E-state index in [9.17, 15) is 4.79 Å². The van der Waals surface area contributed by atoms with Crippen LogP contribution in [0.4, 0.5) is 5.69 Å². The lowest BCUT2D eigenvalue weighted by Gasteiger charge is -2.12. The number of rotatable bonds is 2. The molecule has 2 unspecified atom stereocenters. The Morgan fingerprint density at radius 1 is 1.47 bits per heavy atom. The first-order valence-corrected chi connectivity index (χ1v) is 5.74. The van der Waals surface area contributed by atoms with E-state index >= 15 is 0 Å². The average Bonchev–Trinajstić information content (AvgIpc) is 2.68. The Morgan fingerprint density at radius 2 is 2.24 bits per heavy atom. The third kappa shape index (κ3) is 2.75. The molecule has 1 saturated heterocycles. The average molecular weight is 234 g/mol. The Kier molecular flexibility index (Phi) is 3.31. The van der Waals surface area contributed by atoms with Crippen molar-refractivity contribution in [3.8, 4) is 0 Å². The van der Waals surface area contributed by atoms with Gasteiger partial charge >= 0.3 is 0 Å². The molecule has 1 fully saturated rings. The van der Waals surface area contributed by atoms with Crippen LogP contribution < -0.4 is 21.9 Å². The van der Waals surface area contributed by atoms with Crippen molar-refractivity contribution in [3.63, 3.8) is 0 Å². The van der Waals surface area contributed by atoms with Crippen LogP contribution in [0.25, 0.3) is 0 Å². The van der Waals surface area contributed by atoms with Crippen LogP contribution in [0.5, 0.6) is 0 Å². The summed E-state index contributed by atoms with van der Waals surface area (Å²) in [4.78, 5) is 11.9. The zero-order valence-electron chi connectivity index (χ0n) is 10.1. The molecule has 5 N–H and O–H groups in total. The minimum atomic E-state index is -0.106. The van der Waals surface area contributed by atoms with Crippen molar-refractivity contribution in [2.45, 2.75) is 32.5 Å². The van der Waals surface area contributed by atoms with Crippen molar-refractivity contribution in [1.29, 1.82) is 0 Å². The minimum Gasteiger partial charge on any atom is -0.398 e. The number of nitrogen functional groups attached to an aromatic ring is 1. The van der Waals surface area contributed by atoms with Gasteiger partial charge in [0.05, 0.1) is 6.17 Å². The number of hydrogen-bond acceptors (Lipinski definition) is 4. The maximum atomic E-state index is 11.9. The van der Waals surface area contributed by atoms with E-state index in [1.807, 2.05) is 13.0 Å². The van der Waals surface area contributed by atoms with E-state index in [1.54, 1.807) is 12.1 Å². The Hall–Kier alpha value is -1.59. The molecule has 1 aliphatic rings. The summed E-state index contributed by atoms with van der Waals surface area (Å²) in [5, 5.41) is 2.90. The number of amides is 1. The zero-order valence-corrected chi connectivity index (χ0v) is 10.1. The van der Waals surface area contributed by atoms with Gasteiger partial charge in [-0.3, -0.25) is 10.2 Å². The van der Waals surface area contributed by atoms with Crippen LogP contribution in [0.2, 0.25) is 0 Å². The fourth-order valence-electron chi connectivity index (χ4n) is 1.83. The van der Waals surface area contributed by atoms with Crippen molar-refractivity contribution in [2.75, 3.05) is 5.73 Å². The van der Waals surface area contributed by atoms with Crippen molar-refractivity contribution in [2.24, 2.45) is 0 Å². The number of nitrogens with two attached hydrogens (primary N) is 1. The van der Waals surface area contributed by atoms with Crippen LogP contribution in [0, 0.1) is 6.92 Å². The first kappa shape index (κ1) is 11.9. The number of anilines is 1. The fourth-order valence-corrected chi connectivity index (χ4v) is 1.83. The molecule has 17 heavy (non-hydrogen) atoms. The van der Waals surface area contributed by atoms with Crippen molar-refractivity contribution in [3.05, 3.63) is 29.3 Å². The second-order valence-corrected chi connectivity index (χ2v) is 4.52. The second kappa shape index (κ2) is 4.73. The molecule has 1 amide bonds. The van der Waals surface area contributed by atoms with Crippen LogP contribution >= 0.6 is 0 Å². The second-order valence-electron chi connectivity index (χ2n) is 4.52. The van der Waals surface area contributed by atoms with Gasteiger partial charge in [-0.2, -0.15) is 0 Å². The smallest absolute Gasteiger partial charge is 0.252 e. The first-order valence-electron chi connectivity index (χ1n) is 5.74. The van der Waals surface area contributed by atoms with Crippen LogP contribution in [0.3, 0.4) is 0 Å². The van der Waals surface area contributed by atoms with Gasteiger partial charge in [0.1, 0.15) is 0 Å². The van der Waals surface area contributed by atoms with E-state index in [4.69, 9.17) is 5.73 Å². The largest absolute Gasteiger partial charge is 0.398 e. The van der Waals surface area contributed by atoms with Crippen molar-refractivity contribution < 1.29 is 4.79 Å². The highest BCUT2D eigenvalue weighted by atomic mass is 16.1. The molecule has 2 rings (SSSR count). The molecule has 5 heteroatoms. The maximum Gasteiger partial charge on any atom is 0.252 e. The lowest BCUT2D eigenvalue weighted by molar-refractivity contribution is 0.0932. The molecule has 0 spiro atoms. The van der Waals surface area contributed by atoms with Gasteiger partial charge in [-0.1, -0.05) is 6.07 Å². The number of hydrogen-bond donors (Lipinski definition) is 4. The highest BCUT2D eigenvalue weighted by Gasteiger charge is 2.21. The summed E-state index contributed by atoms with van der Waals surface area (Å²) >= 11 is 0. The summed E-state index contributed by atoms with van der Waals surface area (Å²) in [5.41, 5.74) is 14.1. The van der Waals surface area contributed by atoms with Crippen LogP contribution in [-0.2, 0) is 0 Å². The summed E-state index contributed by atoms with van der Waals surface area (Å²) in [7, 11) is 0. The molecule has 2 atom stereocenters. The van der Waals surface area contributed by atoms with Gasteiger partial charge in [-0.25, -0.2) is 5.43 Å². The summed E-state index contributed by atoms with van der Waals surface area (Å²) in [6, 6.07) is 5.71. The molecule has 1 aromatic carbocycles. The van der Waals surface area contributed by atoms with Gasteiger partial charge in [0.15, 0.2) is 0 Å². The third-order valence-corrected chi connectivity index (χ3v) is 2.94. The van der Waals surface area contributed by atoms with Gasteiger partial charge in [0, 0.05) is 17.3 Å². The third-order valence-electron chi connectivity index (χ3n) is 2.94. The molecular formula is C12H18N4O. The molecule has 0 saturated carbocycles. The van der Waals surface area contributed by atoms with Gasteiger partial charge in [0.2, 0.25) is 0 Å². The summed E-state index contributed by atoms with van der Waals surface area (Å²) in [6.45, 7) is 3.98. The Morgan fingerprint density at radius 3 is 2.82 bits per heavy atom. The normalized spacial score (nSPS) is 23.6. The van der Waals surface area contributed by atoms with Crippen molar-refractivity contribution in [1.82, 2.24) is 16.2 Å². The van der Waals surface area contributed by atoms with Crippen molar-refractivity contribution >= 4 is 11.6 Å². The number of carbonyl (C=O) groups is 1. The molecule has 1 aliphatic heterocycles. The number of benzene rings is 1. The van der Waals surface area contributed by atoms with E-state index in [-0.39, 0.29) is 12.1 Å². The SMILES string of the molecule is Cc1ccc(C(=O)NC2CC(C)NN2)cc1N. The molecular weight excluding hydrogens is 216 g/mol.